The van der Waals surface area contributed by atoms with Crippen LogP contribution in [0.25, 0.3) is 0 Å². The van der Waals surface area contributed by atoms with E-state index in [-0.39, 0.29) is 0 Å². The highest BCUT2D eigenvalue weighted by Crippen LogP contribution is 2.65. The molecule has 186 valence electrons. The van der Waals surface area contributed by atoms with Crippen LogP contribution in [0, 0.1) is 0 Å². The van der Waals surface area contributed by atoms with Gasteiger partial charge in [-0.15, -0.1) is 0 Å². The summed E-state index contributed by atoms with van der Waals surface area (Å²) in [6.45, 7) is 0. The second-order valence-electron chi connectivity index (χ2n) is 12.0. The predicted octanol–water partition coefficient (Wildman–Crippen LogP) is 9.82. The van der Waals surface area contributed by atoms with Gasteiger partial charge in [-0.05, 0) is 64.2 Å². The zero-order chi connectivity index (χ0) is 22.3. The van der Waals surface area contributed by atoms with Crippen LogP contribution >= 0.6 is 14.3 Å². The Morgan fingerprint density at radius 3 is 0.812 bits per heavy atom. The fraction of sp³-hybridized carbons (Fsp3) is 1.00. The monoisotopic (exact) mass is 482 g/mol. The molecule has 0 amide bonds. The molecule has 2 nitrogen and oxygen atoms in total. The molecule has 0 aromatic carbocycles. The lowest BCUT2D eigenvalue weighted by Crippen LogP contribution is -2.26. The number of hydrogen-bond acceptors (Lipinski definition) is 2. The second kappa shape index (κ2) is 12.4. The standard InChI is InChI=1S/C28H52O2P2/c29-31(25-15-5-1-6-16-25,26-17-7-2-8-18-26)23-13-14-24-32(30,27-19-9-3-10-20-27)28-21-11-4-12-22-28/h25-28H,1-24H2. The first-order valence-electron chi connectivity index (χ1n) is 14.8. The Morgan fingerprint density at radius 1 is 0.375 bits per heavy atom. The summed E-state index contributed by atoms with van der Waals surface area (Å²) in [5.41, 5.74) is 2.12. The Bertz CT molecular complexity index is 536. The molecular weight excluding hydrogens is 430 g/mol. The molecule has 0 aliphatic heterocycles. The molecule has 0 atom stereocenters. The fourth-order valence-electron chi connectivity index (χ4n) is 8.12. The van der Waals surface area contributed by atoms with Gasteiger partial charge in [0.05, 0.1) is 14.3 Å². The molecule has 4 aliphatic rings. The Morgan fingerprint density at radius 2 is 0.594 bits per heavy atom. The minimum atomic E-state index is -2.11. The van der Waals surface area contributed by atoms with E-state index in [9.17, 15) is 9.13 Å². The third kappa shape index (κ3) is 6.17. The first-order chi connectivity index (χ1) is 15.6. The zero-order valence-electron chi connectivity index (χ0n) is 21.0. The maximum atomic E-state index is 14.6. The highest BCUT2D eigenvalue weighted by Gasteiger charge is 2.42. The van der Waals surface area contributed by atoms with Crippen LogP contribution in [0.2, 0.25) is 0 Å². The molecule has 4 aliphatic carbocycles. The van der Waals surface area contributed by atoms with E-state index in [4.69, 9.17) is 0 Å². The van der Waals surface area contributed by atoms with Crippen LogP contribution in [-0.4, -0.2) is 35.0 Å². The average Bonchev–Trinajstić information content (AvgIpc) is 2.88. The molecule has 0 N–H and O–H groups in total. The van der Waals surface area contributed by atoms with E-state index < -0.39 is 14.3 Å². The third-order valence-electron chi connectivity index (χ3n) is 10.0. The minimum Gasteiger partial charge on any atom is -0.323 e. The minimum absolute atomic E-state index is 0.530. The maximum absolute atomic E-state index is 14.6. The molecule has 4 rings (SSSR count). The predicted molar refractivity (Wildman–Crippen MR) is 142 cm³/mol. The van der Waals surface area contributed by atoms with Gasteiger partial charge in [0.1, 0.15) is 0 Å². The van der Waals surface area contributed by atoms with Crippen molar-refractivity contribution in [3.8, 4) is 0 Å². The number of hydrogen-bond donors (Lipinski definition) is 0. The molecule has 0 saturated heterocycles. The first-order valence-corrected chi connectivity index (χ1v) is 18.9. The highest BCUT2D eigenvalue weighted by atomic mass is 31.2. The van der Waals surface area contributed by atoms with E-state index in [1.165, 1.54) is 128 Å². The van der Waals surface area contributed by atoms with E-state index >= 15 is 0 Å². The Hall–Kier alpha value is 0.460. The van der Waals surface area contributed by atoms with Crippen molar-refractivity contribution in [3.05, 3.63) is 0 Å². The van der Waals surface area contributed by atoms with Gasteiger partial charge in [0.15, 0.2) is 0 Å². The molecule has 0 bridgehead atoms. The van der Waals surface area contributed by atoms with Crippen LogP contribution in [0.5, 0.6) is 0 Å². The number of unbranched alkanes of at least 4 members (excludes halogenated alkanes) is 1. The molecule has 0 aromatic heterocycles. The smallest absolute Gasteiger partial charge is 0.0935 e. The second-order valence-corrected chi connectivity index (χ2v) is 19.3. The van der Waals surface area contributed by atoms with Gasteiger partial charge < -0.3 is 9.13 Å². The van der Waals surface area contributed by atoms with Crippen molar-refractivity contribution in [2.75, 3.05) is 12.3 Å². The van der Waals surface area contributed by atoms with Crippen molar-refractivity contribution in [2.24, 2.45) is 0 Å². The lowest BCUT2D eigenvalue weighted by Gasteiger charge is -2.39. The summed E-state index contributed by atoms with van der Waals surface area (Å²) in [4.78, 5) is 0. The van der Waals surface area contributed by atoms with Crippen LogP contribution in [0.4, 0.5) is 0 Å². The van der Waals surface area contributed by atoms with Crippen molar-refractivity contribution in [2.45, 2.75) is 164 Å². The summed E-state index contributed by atoms with van der Waals surface area (Å²) in [6.07, 6.45) is 29.9. The van der Waals surface area contributed by atoms with Crippen molar-refractivity contribution in [1.29, 1.82) is 0 Å². The summed E-state index contributed by atoms with van der Waals surface area (Å²) in [5.74, 6) is 0. The van der Waals surface area contributed by atoms with Gasteiger partial charge in [-0.3, -0.25) is 0 Å². The van der Waals surface area contributed by atoms with E-state index in [2.05, 4.69) is 0 Å². The fourth-order valence-corrected chi connectivity index (χ4v) is 17.2. The van der Waals surface area contributed by atoms with Crippen LogP contribution in [-0.2, 0) is 9.13 Å². The lowest BCUT2D eigenvalue weighted by molar-refractivity contribution is 0.443. The largest absolute Gasteiger partial charge is 0.323 e. The van der Waals surface area contributed by atoms with E-state index in [1.807, 2.05) is 0 Å². The van der Waals surface area contributed by atoms with E-state index in [1.54, 1.807) is 0 Å². The summed E-state index contributed by atoms with van der Waals surface area (Å²) < 4.78 is 29.2. The molecule has 4 saturated carbocycles. The topological polar surface area (TPSA) is 34.1 Å². The third-order valence-corrected chi connectivity index (χ3v) is 19.1. The van der Waals surface area contributed by atoms with Crippen molar-refractivity contribution in [1.82, 2.24) is 0 Å². The highest BCUT2D eigenvalue weighted by molar-refractivity contribution is 7.65. The maximum Gasteiger partial charge on any atom is 0.0935 e. The van der Waals surface area contributed by atoms with Crippen molar-refractivity contribution in [3.63, 3.8) is 0 Å². The summed E-state index contributed by atoms with van der Waals surface area (Å²) >= 11 is 0. The Balaban J connectivity index is 1.39. The van der Waals surface area contributed by atoms with Gasteiger partial charge in [-0.2, -0.15) is 0 Å². The molecule has 32 heavy (non-hydrogen) atoms. The molecular formula is C28H52O2P2. The van der Waals surface area contributed by atoms with Gasteiger partial charge in [0.25, 0.3) is 0 Å². The van der Waals surface area contributed by atoms with Gasteiger partial charge >= 0.3 is 0 Å². The summed E-state index contributed by atoms with van der Waals surface area (Å²) in [6, 6.07) is 0. The van der Waals surface area contributed by atoms with Crippen molar-refractivity contribution >= 4 is 14.3 Å². The molecule has 4 fully saturated rings. The molecule has 0 spiro atoms. The molecule has 0 heterocycles. The lowest BCUT2D eigenvalue weighted by atomic mass is 9.99. The van der Waals surface area contributed by atoms with Crippen molar-refractivity contribution < 1.29 is 9.13 Å². The zero-order valence-corrected chi connectivity index (χ0v) is 22.8. The quantitative estimate of drug-likeness (QED) is 0.242. The Labute approximate surface area is 199 Å². The number of rotatable bonds is 9. The van der Waals surface area contributed by atoms with Gasteiger partial charge in [0, 0.05) is 35.0 Å². The SMILES string of the molecule is O=P(CCCCP(=O)(C1CCCCC1)C1CCCCC1)(C1CCCCC1)C1CCCCC1. The van der Waals surface area contributed by atoms with Gasteiger partial charge in [-0.1, -0.05) is 77.0 Å². The molecule has 0 radical (unpaired) electrons. The summed E-state index contributed by atoms with van der Waals surface area (Å²) in [7, 11) is -4.21. The van der Waals surface area contributed by atoms with Crippen LogP contribution in [0.15, 0.2) is 0 Å². The van der Waals surface area contributed by atoms with Crippen LogP contribution < -0.4 is 0 Å². The Kier molecular flexibility index (Phi) is 9.92. The van der Waals surface area contributed by atoms with Gasteiger partial charge in [-0.25, -0.2) is 0 Å². The van der Waals surface area contributed by atoms with E-state index in [0.717, 1.165) is 25.2 Å². The van der Waals surface area contributed by atoms with E-state index in [0.29, 0.717) is 22.6 Å². The summed E-state index contributed by atoms with van der Waals surface area (Å²) in [5, 5.41) is 0. The van der Waals surface area contributed by atoms with Crippen LogP contribution in [0.3, 0.4) is 0 Å². The van der Waals surface area contributed by atoms with Crippen LogP contribution in [0.1, 0.15) is 141 Å². The first kappa shape index (κ1) is 25.5. The van der Waals surface area contributed by atoms with Gasteiger partial charge in [0.2, 0.25) is 0 Å². The molecule has 0 aromatic rings. The average molecular weight is 483 g/mol. The molecule has 0 unspecified atom stereocenters. The molecule has 4 heteroatoms. The normalized spacial score (nSPS) is 26.4.